The number of fused-ring (bicyclic) bond motifs is 1. The van der Waals surface area contributed by atoms with E-state index in [0.29, 0.717) is 35.6 Å². The van der Waals surface area contributed by atoms with Crippen LogP contribution in [0.4, 0.5) is 17.1 Å². The third-order valence-corrected chi connectivity index (χ3v) is 6.52. The molecule has 1 aliphatic heterocycles. The molecule has 1 aliphatic rings. The van der Waals surface area contributed by atoms with E-state index in [2.05, 4.69) is 5.32 Å². The van der Waals surface area contributed by atoms with Crippen LogP contribution < -0.4 is 10.2 Å². The highest BCUT2D eigenvalue weighted by atomic mass is 16.5. The highest BCUT2D eigenvalue weighted by Crippen LogP contribution is 2.37. The minimum atomic E-state index is -0.656. The second-order valence-electron chi connectivity index (χ2n) is 9.53. The van der Waals surface area contributed by atoms with Gasteiger partial charge in [-0.1, -0.05) is 43.3 Å². The lowest BCUT2D eigenvalue weighted by Gasteiger charge is -2.24. The van der Waals surface area contributed by atoms with Crippen LogP contribution in [0.2, 0.25) is 0 Å². The van der Waals surface area contributed by atoms with Crippen LogP contribution in [0, 0.1) is 0 Å². The number of aliphatic imine (C=N–C) groups is 1. The van der Waals surface area contributed by atoms with Crippen molar-refractivity contribution in [3.8, 4) is 0 Å². The van der Waals surface area contributed by atoms with E-state index in [-0.39, 0.29) is 18.4 Å². The highest BCUT2D eigenvalue weighted by molar-refractivity contribution is 6.24. The lowest BCUT2D eigenvalue weighted by molar-refractivity contribution is -0.118. The zero-order valence-corrected chi connectivity index (χ0v) is 22.8. The molecule has 1 N–H and O–H groups in total. The van der Waals surface area contributed by atoms with Crippen molar-refractivity contribution in [1.29, 1.82) is 0 Å². The van der Waals surface area contributed by atoms with Crippen LogP contribution in [0.25, 0.3) is 0 Å². The summed E-state index contributed by atoms with van der Waals surface area (Å²) in [6.45, 7) is 5.22. The van der Waals surface area contributed by atoms with Crippen molar-refractivity contribution in [2.75, 3.05) is 44.0 Å². The summed E-state index contributed by atoms with van der Waals surface area (Å²) < 4.78 is 5.11. The normalized spacial score (nSPS) is 14.6. The molecule has 39 heavy (non-hydrogen) atoms. The Morgan fingerprint density at radius 2 is 1.64 bits per heavy atom. The van der Waals surface area contributed by atoms with Gasteiger partial charge in [-0.05, 0) is 68.5 Å². The van der Waals surface area contributed by atoms with Crippen molar-refractivity contribution >= 4 is 40.6 Å². The summed E-state index contributed by atoms with van der Waals surface area (Å²) in [5.41, 5.74) is 4.58. The largest absolute Gasteiger partial charge is 0.462 e. The maximum atomic E-state index is 13.3. The van der Waals surface area contributed by atoms with Gasteiger partial charge in [-0.2, -0.15) is 0 Å². The molecule has 0 saturated carbocycles. The Morgan fingerprint density at radius 1 is 0.923 bits per heavy atom. The Kier molecular flexibility index (Phi) is 8.88. The molecule has 0 bridgehead atoms. The van der Waals surface area contributed by atoms with Gasteiger partial charge in [0.05, 0.1) is 23.6 Å². The molecule has 8 nitrogen and oxygen atoms in total. The van der Waals surface area contributed by atoms with Crippen LogP contribution in [-0.2, 0) is 14.3 Å². The van der Waals surface area contributed by atoms with Gasteiger partial charge in [-0.15, -0.1) is 0 Å². The van der Waals surface area contributed by atoms with Crippen LogP contribution >= 0.6 is 0 Å². The zero-order chi connectivity index (χ0) is 27.9. The maximum absolute atomic E-state index is 13.3. The van der Waals surface area contributed by atoms with Crippen molar-refractivity contribution in [3.63, 3.8) is 0 Å². The van der Waals surface area contributed by atoms with Crippen molar-refractivity contribution in [2.45, 2.75) is 26.2 Å². The molecule has 1 heterocycles. The van der Waals surface area contributed by atoms with Gasteiger partial charge in [0, 0.05) is 30.9 Å². The number of rotatable bonds is 10. The van der Waals surface area contributed by atoms with Crippen molar-refractivity contribution < 1.29 is 19.1 Å². The zero-order valence-electron chi connectivity index (χ0n) is 22.8. The first kappa shape index (κ1) is 27.7. The molecule has 3 aromatic carbocycles. The Bertz CT molecular complexity index is 1370. The van der Waals surface area contributed by atoms with Gasteiger partial charge in [0.1, 0.15) is 5.92 Å². The molecule has 3 aromatic rings. The molecule has 202 valence electrons. The summed E-state index contributed by atoms with van der Waals surface area (Å²) in [5, 5.41) is 2.91. The van der Waals surface area contributed by atoms with Gasteiger partial charge in [0.15, 0.2) is 0 Å². The number of likely N-dealkylation sites (N-methyl/N-ethyl adjacent to an activating group) is 1. The number of esters is 1. The van der Waals surface area contributed by atoms with Gasteiger partial charge >= 0.3 is 5.97 Å². The molecule has 0 radical (unpaired) electrons. The predicted octanol–water partition coefficient (Wildman–Crippen LogP) is 5.02. The monoisotopic (exact) mass is 526 g/mol. The molecule has 0 spiro atoms. The highest BCUT2D eigenvalue weighted by Gasteiger charge is 2.36. The summed E-state index contributed by atoms with van der Waals surface area (Å²) in [5.74, 6) is -1.25. The number of nitrogens with one attached hydrogen (secondary N) is 1. The van der Waals surface area contributed by atoms with E-state index >= 15 is 0 Å². The average Bonchev–Trinajstić information content (AvgIpc) is 3.27. The molecule has 0 aromatic heterocycles. The number of ether oxygens (including phenoxy) is 1. The van der Waals surface area contributed by atoms with Crippen LogP contribution in [0.15, 0.2) is 77.8 Å². The molecular formula is C31H34N4O4. The van der Waals surface area contributed by atoms with E-state index < -0.39 is 11.9 Å². The summed E-state index contributed by atoms with van der Waals surface area (Å²) in [4.78, 5) is 46.9. The van der Waals surface area contributed by atoms with Crippen LogP contribution in [-0.4, -0.2) is 62.2 Å². The molecule has 1 unspecified atom stereocenters. The SMILES string of the molecule is CCOC(=O)c1ccc2c(c1)NC(=O)C2C(=Nc1ccc(N(CCN(C)C)C(=O)CC)cc1)c1ccccc1. The molecule has 8 heteroatoms. The Balaban J connectivity index is 1.71. The van der Waals surface area contributed by atoms with E-state index in [1.807, 2.05) is 80.5 Å². The average molecular weight is 527 g/mol. The first-order valence-electron chi connectivity index (χ1n) is 13.1. The second kappa shape index (κ2) is 12.5. The molecule has 0 aliphatic carbocycles. The summed E-state index contributed by atoms with van der Waals surface area (Å²) in [6.07, 6.45) is 0.416. The van der Waals surface area contributed by atoms with E-state index in [9.17, 15) is 14.4 Å². The lowest BCUT2D eigenvalue weighted by Crippen LogP contribution is -2.36. The first-order valence-corrected chi connectivity index (χ1v) is 13.1. The van der Waals surface area contributed by atoms with Crippen LogP contribution in [0.1, 0.15) is 47.7 Å². The number of hydrogen-bond donors (Lipinski definition) is 1. The molecule has 0 saturated heterocycles. The number of carbonyl (C=O) groups is 3. The summed E-state index contributed by atoms with van der Waals surface area (Å²) in [7, 11) is 3.96. The third kappa shape index (κ3) is 6.41. The number of amides is 2. The van der Waals surface area contributed by atoms with Gasteiger partial charge in [-0.25, -0.2) is 4.79 Å². The Hall–Kier alpha value is -4.30. The van der Waals surface area contributed by atoms with Gasteiger partial charge in [0.2, 0.25) is 11.8 Å². The number of anilines is 2. The molecule has 1 atom stereocenters. The molecule has 4 rings (SSSR count). The standard InChI is InChI=1S/C31H34N4O4/c1-5-27(36)35(19-18-34(3)4)24-15-13-23(14-16-24)32-29(21-10-8-7-9-11-21)28-25-17-12-22(31(38)39-6-2)20-26(25)33-30(28)37/h7-17,20,28H,5-6,18-19H2,1-4H3,(H,33,37). The van der Waals surface area contributed by atoms with Crippen LogP contribution in [0.5, 0.6) is 0 Å². The summed E-state index contributed by atoms with van der Waals surface area (Å²) >= 11 is 0. The third-order valence-electron chi connectivity index (χ3n) is 6.52. The van der Waals surface area contributed by atoms with Crippen molar-refractivity contribution in [3.05, 3.63) is 89.5 Å². The lowest BCUT2D eigenvalue weighted by atomic mass is 9.90. The fourth-order valence-corrected chi connectivity index (χ4v) is 4.51. The van der Waals surface area contributed by atoms with E-state index in [4.69, 9.17) is 9.73 Å². The minimum Gasteiger partial charge on any atom is -0.462 e. The molecule has 0 fully saturated rings. The quantitative estimate of drug-likeness (QED) is 0.296. The second-order valence-corrected chi connectivity index (χ2v) is 9.53. The van der Waals surface area contributed by atoms with Crippen LogP contribution in [0.3, 0.4) is 0 Å². The van der Waals surface area contributed by atoms with E-state index in [0.717, 1.165) is 23.4 Å². The minimum absolute atomic E-state index is 0.0551. The van der Waals surface area contributed by atoms with Gasteiger partial charge in [0.25, 0.3) is 0 Å². The number of carbonyl (C=O) groups excluding carboxylic acids is 3. The fourth-order valence-electron chi connectivity index (χ4n) is 4.51. The van der Waals surface area contributed by atoms with E-state index in [1.165, 1.54) is 0 Å². The smallest absolute Gasteiger partial charge is 0.338 e. The number of hydrogen-bond acceptors (Lipinski definition) is 6. The number of benzene rings is 3. The predicted molar refractivity (Wildman–Crippen MR) is 154 cm³/mol. The van der Waals surface area contributed by atoms with Gasteiger partial charge < -0.3 is 19.9 Å². The van der Waals surface area contributed by atoms with E-state index in [1.54, 1.807) is 30.0 Å². The Labute approximate surface area is 229 Å². The number of nitrogens with zero attached hydrogens (tertiary/aromatic N) is 3. The van der Waals surface area contributed by atoms with Crippen molar-refractivity contribution in [2.24, 2.45) is 4.99 Å². The van der Waals surface area contributed by atoms with Gasteiger partial charge in [-0.3, -0.25) is 14.6 Å². The topological polar surface area (TPSA) is 91.3 Å². The summed E-state index contributed by atoms with van der Waals surface area (Å²) in [6, 6.07) is 22.2. The first-order chi connectivity index (χ1) is 18.8. The Morgan fingerprint density at radius 3 is 2.28 bits per heavy atom. The molecule has 2 amide bonds. The molecular weight excluding hydrogens is 492 g/mol. The fraction of sp³-hybridized carbons (Fsp3) is 0.290. The maximum Gasteiger partial charge on any atom is 0.338 e. The van der Waals surface area contributed by atoms with Crippen molar-refractivity contribution in [1.82, 2.24) is 4.90 Å².